The Hall–Kier alpha value is -3.46. The summed E-state index contributed by atoms with van der Waals surface area (Å²) in [5.74, 6) is -1.60. The zero-order chi connectivity index (χ0) is 19.4. The van der Waals surface area contributed by atoms with E-state index in [-0.39, 0.29) is 24.1 Å². The average Bonchev–Trinajstić information content (AvgIpc) is 3.29. The third kappa shape index (κ3) is 4.04. The van der Waals surface area contributed by atoms with Crippen LogP contribution in [-0.4, -0.2) is 26.6 Å². The van der Waals surface area contributed by atoms with Gasteiger partial charge in [0.05, 0.1) is 21.9 Å². The summed E-state index contributed by atoms with van der Waals surface area (Å²) in [7, 11) is 0. The van der Waals surface area contributed by atoms with Gasteiger partial charge in [-0.1, -0.05) is 18.2 Å². The molecule has 0 saturated carbocycles. The summed E-state index contributed by atoms with van der Waals surface area (Å²) in [4.78, 5) is 35.1. The minimum absolute atomic E-state index is 0.0717. The number of carboxylic acid groups (broad SMARTS) is 1. The number of carbonyl (C=O) groups excluding carboxylic acids is 1. The van der Waals surface area contributed by atoms with Crippen LogP contribution in [0, 0.1) is 10.1 Å². The van der Waals surface area contributed by atoms with E-state index in [2.05, 4.69) is 5.43 Å². The number of hydrogen-bond acceptors (Lipinski definition) is 5. The molecular weight excluding hydrogens is 370 g/mol. The Kier molecular flexibility index (Phi) is 5.32. The molecule has 0 bridgehead atoms. The van der Waals surface area contributed by atoms with Crippen molar-refractivity contribution in [1.82, 2.24) is 4.68 Å². The molecular formula is C18H15N3O5S. The predicted molar refractivity (Wildman–Crippen MR) is 100 cm³/mol. The number of nitro groups is 1. The van der Waals surface area contributed by atoms with Gasteiger partial charge >= 0.3 is 5.97 Å². The Morgan fingerprint density at radius 1 is 1.15 bits per heavy atom. The summed E-state index contributed by atoms with van der Waals surface area (Å²) in [5.41, 5.74) is 3.57. The lowest BCUT2D eigenvalue weighted by molar-refractivity contribution is -0.385. The second-order valence-corrected chi connectivity index (χ2v) is 6.58. The van der Waals surface area contributed by atoms with E-state index in [1.165, 1.54) is 34.2 Å². The molecule has 3 aromatic rings. The summed E-state index contributed by atoms with van der Waals surface area (Å²) in [5, 5.41) is 22.0. The van der Waals surface area contributed by atoms with E-state index in [4.69, 9.17) is 5.11 Å². The van der Waals surface area contributed by atoms with Crippen LogP contribution in [0.4, 0.5) is 5.69 Å². The lowest BCUT2D eigenvalue weighted by Gasteiger charge is -2.14. The van der Waals surface area contributed by atoms with E-state index >= 15 is 0 Å². The Morgan fingerprint density at radius 3 is 2.59 bits per heavy atom. The first kappa shape index (κ1) is 18.3. The van der Waals surface area contributed by atoms with Crippen LogP contribution in [0.3, 0.4) is 0 Å². The van der Waals surface area contributed by atoms with Gasteiger partial charge in [0.25, 0.3) is 11.6 Å². The number of nitro benzene ring substituents is 1. The molecule has 0 aliphatic carbocycles. The summed E-state index contributed by atoms with van der Waals surface area (Å²) in [6.45, 7) is 0. The van der Waals surface area contributed by atoms with Crippen LogP contribution < -0.4 is 5.43 Å². The maximum Gasteiger partial charge on any atom is 0.303 e. The number of hydrogen-bond donors (Lipinski definition) is 2. The number of aromatic nitrogens is 1. The van der Waals surface area contributed by atoms with E-state index in [1.54, 1.807) is 18.2 Å². The van der Waals surface area contributed by atoms with Crippen molar-refractivity contribution in [3.05, 3.63) is 75.3 Å². The zero-order valence-corrected chi connectivity index (χ0v) is 14.8. The summed E-state index contributed by atoms with van der Waals surface area (Å²) in [6, 6.07) is 12.9. The Morgan fingerprint density at radius 2 is 1.93 bits per heavy atom. The Bertz CT molecular complexity index is 994. The number of thiophene rings is 1. The standard InChI is InChI=1S/C18H15N3O5S/c22-17(23)10-8-12-7-9-15(16-6-3-11-27-16)20(12)19-18(24)13-4-1-2-5-14(13)21(25)26/h1-7,9,11H,8,10H2,(H,19,24)(H,22,23). The highest BCUT2D eigenvalue weighted by molar-refractivity contribution is 7.13. The molecule has 2 heterocycles. The van der Waals surface area contributed by atoms with E-state index < -0.39 is 16.8 Å². The number of carbonyl (C=O) groups is 2. The van der Waals surface area contributed by atoms with E-state index in [9.17, 15) is 19.7 Å². The summed E-state index contributed by atoms with van der Waals surface area (Å²) < 4.78 is 1.49. The van der Waals surface area contributed by atoms with Crippen LogP contribution in [0.15, 0.2) is 53.9 Å². The first-order chi connectivity index (χ1) is 13.0. The molecule has 9 heteroatoms. The van der Waals surface area contributed by atoms with Gasteiger partial charge in [0.15, 0.2) is 0 Å². The highest BCUT2D eigenvalue weighted by atomic mass is 32.1. The molecule has 2 aromatic heterocycles. The maximum atomic E-state index is 12.7. The van der Waals surface area contributed by atoms with Gasteiger partial charge in [-0.25, -0.2) is 0 Å². The molecule has 138 valence electrons. The second-order valence-electron chi connectivity index (χ2n) is 5.63. The number of para-hydroxylation sites is 1. The number of aliphatic carboxylic acids is 1. The average molecular weight is 385 g/mol. The van der Waals surface area contributed by atoms with Crippen molar-refractivity contribution >= 4 is 28.9 Å². The summed E-state index contributed by atoms with van der Waals surface area (Å²) in [6.07, 6.45) is 0.104. The van der Waals surface area contributed by atoms with Crippen molar-refractivity contribution in [2.45, 2.75) is 12.8 Å². The van der Waals surface area contributed by atoms with Crippen LogP contribution in [0.2, 0.25) is 0 Å². The quantitative estimate of drug-likeness (QED) is 0.477. The summed E-state index contributed by atoms with van der Waals surface area (Å²) >= 11 is 1.46. The van der Waals surface area contributed by atoms with E-state index in [1.807, 2.05) is 17.5 Å². The van der Waals surface area contributed by atoms with Gasteiger partial charge in [0.1, 0.15) is 5.56 Å². The largest absolute Gasteiger partial charge is 0.481 e. The molecule has 0 unspecified atom stereocenters. The third-order valence-corrected chi connectivity index (χ3v) is 4.78. The van der Waals surface area contributed by atoms with Crippen molar-refractivity contribution in [1.29, 1.82) is 0 Å². The molecule has 0 saturated heterocycles. The van der Waals surface area contributed by atoms with E-state index in [0.29, 0.717) is 11.4 Å². The van der Waals surface area contributed by atoms with Gasteiger partial charge in [0, 0.05) is 18.2 Å². The van der Waals surface area contributed by atoms with Gasteiger partial charge in [-0.15, -0.1) is 11.3 Å². The van der Waals surface area contributed by atoms with Crippen LogP contribution in [0.1, 0.15) is 22.5 Å². The molecule has 0 aliphatic rings. The minimum atomic E-state index is -0.953. The van der Waals surface area contributed by atoms with Crippen molar-refractivity contribution in [2.24, 2.45) is 0 Å². The normalized spacial score (nSPS) is 10.5. The topological polar surface area (TPSA) is 114 Å². The lowest BCUT2D eigenvalue weighted by Crippen LogP contribution is -2.26. The number of benzene rings is 1. The third-order valence-electron chi connectivity index (χ3n) is 3.89. The Balaban J connectivity index is 1.97. The first-order valence-corrected chi connectivity index (χ1v) is 8.86. The molecule has 0 aliphatic heterocycles. The lowest BCUT2D eigenvalue weighted by atomic mass is 10.2. The highest BCUT2D eigenvalue weighted by Crippen LogP contribution is 2.27. The number of rotatable bonds is 7. The maximum absolute atomic E-state index is 12.7. The fourth-order valence-electron chi connectivity index (χ4n) is 2.64. The molecule has 1 aromatic carbocycles. The van der Waals surface area contributed by atoms with Crippen LogP contribution in [-0.2, 0) is 11.2 Å². The van der Waals surface area contributed by atoms with Crippen LogP contribution in [0.5, 0.6) is 0 Å². The van der Waals surface area contributed by atoms with Crippen molar-refractivity contribution in [2.75, 3.05) is 5.43 Å². The van der Waals surface area contributed by atoms with Gasteiger partial charge in [0.2, 0.25) is 0 Å². The first-order valence-electron chi connectivity index (χ1n) is 7.98. The predicted octanol–water partition coefficient (Wildman–Crippen LogP) is 3.53. The van der Waals surface area contributed by atoms with Crippen LogP contribution in [0.25, 0.3) is 10.6 Å². The molecule has 8 nitrogen and oxygen atoms in total. The molecule has 0 spiro atoms. The monoisotopic (exact) mass is 385 g/mol. The van der Waals surface area contributed by atoms with E-state index in [0.717, 1.165) is 4.88 Å². The van der Waals surface area contributed by atoms with Crippen LogP contribution >= 0.6 is 11.3 Å². The number of amides is 1. The molecule has 2 N–H and O–H groups in total. The number of carboxylic acids is 1. The van der Waals surface area contributed by atoms with Gasteiger partial charge in [-0.05, 0) is 29.6 Å². The molecule has 1 amide bonds. The van der Waals surface area contributed by atoms with Crippen molar-refractivity contribution in [3.8, 4) is 10.6 Å². The number of nitrogens with one attached hydrogen (secondary N) is 1. The van der Waals surface area contributed by atoms with Crippen molar-refractivity contribution < 1.29 is 19.6 Å². The van der Waals surface area contributed by atoms with Gasteiger partial charge in [-0.2, -0.15) is 0 Å². The molecule has 0 atom stereocenters. The fourth-order valence-corrected chi connectivity index (χ4v) is 3.39. The number of aryl methyl sites for hydroxylation is 1. The Labute approximate surface area is 157 Å². The van der Waals surface area contributed by atoms with Gasteiger partial charge < -0.3 is 5.11 Å². The highest BCUT2D eigenvalue weighted by Gasteiger charge is 2.21. The van der Waals surface area contributed by atoms with Crippen molar-refractivity contribution in [3.63, 3.8) is 0 Å². The number of nitrogens with zero attached hydrogens (tertiary/aromatic N) is 2. The second kappa shape index (κ2) is 7.83. The minimum Gasteiger partial charge on any atom is -0.481 e. The zero-order valence-electron chi connectivity index (χ0n) is 14.0. The molecule has 0 radical (unpaired) electrons. The fraction of sp³-hybridized carbons (Fsp3) is 0.111. The molecule has 0 fully saturated rings. The smallest absolute Gasteiger partial charge is 0.303 e. The molecule has 27 heavy (non-hydrogen) atoms. The molecule has 3 rings (SSSR count). The van der Waals surface area contributed by atoms with Gasteiger partial charge in [-0.3, -0.25) is 29.8 Å². The SMILES string of the molecule is O=C(O)CCc1ccc(-c2cccs2)n1NC(=O)c1ccccc1[N+](=O)[O-].